The molecule has 1 aliphatic carbocycles. The van der Waals surface area contributed by atoms with E-state index >= 15 is 0 Å². The highest BCUT2D eigenvalue weighted by atomic mass is 16.5. The number of carbonyl (C=O) groups excluding carboxylic acids is 1. The number of hydrogen-bond acceptors (Lipinski definition) is 3. The number of carbonyl (C=O) groups is 1. The molecule has 0 radical (unpaired) electrons. The normalized spacial score (nSPS) is 27.1. The van der Waals surface area contributed by atoms with Gasteiger partial charge in [-0.15, -0.1) is 0 Å². The zero-order valence-corrected chi connectivity index (χ0v) is 11.4. The summed E-state index contributed by atoms with van der Waals surface area (Å²) in [5.74, 6) is 0.131. The van der Waals surface area contributed by atoms with Gasteiger partial charge in [0.25, 0.3) is 0 Å². The Balaban J connectivity index is 1.61. The van der Waals surface area contributed by atoms with Gasteiger partial charge in [-0.1, -0.05) is 19.3 Å². The van der Waals surface area contributed by atoms with Crippen molar-refractivity contribution in [2.24, 2.45) is 0 Å². The fourth-order valence-electron chi connectivity index (χ4n) is 2.91. The fraction of sp³-hybridized carbons (Fsp3) is 0.929. The molecule has 18 heavy (non-hydrogen) atoms. The summed E-state index contributed by atoms with van der Waals surface area (Å²) >= 11 is 0. The second-order valence-electron chi connectivity index (χ2n) is 5.62. The molecular formula is C14H26N2O2. The largest absolute Gasteiger partial charge is 0.377 e. The van der Waals surface area contributed by atoms with E-state index < -0.39 is 0 Å². The van der Waals surface area contributed by atoms with Gasteiger partial charge in [-0.3, -0.25) is 4.79 Å². The first-order valence-corrected chi connectivity index (χ1v) is 7.40. The Morgan fingerprint density at radius 3 is 2.67 bits per heavy atom. The molecular weight excluding hydrogens is 228 g/mol. The fourth-order valence-corrected chi connectivity index (χ4v) is 2.91. The Morgan fingerprint density at radius 1 is 1.22 bits per heavy atom. The van der Waals surface area contributed by atoms with Crippen LogP contribution >= 0.6 is 0 Å². The topological polar surface area (TPSA) is 50.4 Å². The molecule has 0 bridgehead atoms. The molecule has 1 amide bonds. The van der Waals surface area contributed by atoms with Crippen molar-refractivity contribution in [1.82, 2.24) is 10.6 Å². The van der Waals surface area contributed by atoms with Crippen LogP contribution in [0.5, 0.6) is 0 Å². The van der Waals surface area contributed by atoms with Gasteiger partial charge in [-0.05, 0) is 32.6 Å². The van der Waals surface area contributed by atoms with E-state index in [1.807, 2.05) is 0 Å². The van der Waals surface area contributed by atoms with Crippen LogP contribution in [0.3, 0.4) is 0 Å². The third-order valence-electron chi connectivity index (χ3n) is 4.08. The van der Waals surface area contributed by atoms with Crippen molar-refractivity contribution < 1.29 is 9.53 Å². The standard InChI is InChI=1S/C14H26N2O2/c1-11(13-8-5-9-18-13)15-10-14(17)16-12-6-3-2-4-7-12/h11-13,15H,2-10H2,1H3,(H,16,17). The molecule has 4 heteroatoms. The van der Waals surface area contributed by atoms with Gasteiger partial charge < -0.3 is 15.4 Å². The van der Waals surface area contributed by atoms with Crippen molar-refractivity contribution in [1.29, 1.82) is 0 Å². The van der Waals surface area contributed by atoms with E-state index in [2.05, 4.69) is 17.6 Å². The van der Waals surface area contributed by atoms with E-state index in [4.69, 9.17) is 4.74 Å². The van der Waals surface area contributed by atoms with E-state index in [0.29, 0.717) is 12.6 Å². The quantitative estimate of drug-likeness (QED) is 0.783. The first-order valence-electron chi connectivity index (χ1n) is 7.40. The molecule has 0 aromatic carbocycles. The summed E-state index contributed by atoms with van der Waals surface area (Å²) in [4.78, 5) is 11.8. The van der Waals surface area contributed by atoms with Crippen molar-refractivity contribution in [3.05, 3.63) is 0 Å². The molecule has 2 aliphatic rings. The van der Waals surface area contributed by atoms with E-state index in [-0.39, 0.29) is 18.1 Å². The van der Waals surface area contributed by atoms with Gasteiger partial charge >= 0.3 is 0 Å². The molecule has 1 heterocycles. The van der Waals surface area contributed by atoms with E-state index in [1.54, 1.807) is 0 Å². The van der Waals surface area contributed by atoms with Crippen molar-refractivity contribution in [2.75, 3.05) is 13.2 Å². The number of nitrogens with one attached hydrogen (secondary N) is 2. The van der Waals surface area contributed by atoms with Crippen LogP contribution in [0.25, 0.3) is 0 Å². The molecule has 2 fully saturated rings. The van der Waals surface area contributed by atoms with Gasteiger partial charge in [0, 0.05) is 18.7 Å². The minimum Gasteiger partial charge on any atom is -0.377 e. The molecule has 4 nitrogen and oxygen atoms in total. The van der Waals surface area contributed by atoms with Crippen molar-refractivity contribution in [3.63, 3.8) is 0 Å². The van der Waals surface area contributed by atoms with Gasteiger partial charge in [0.05, 0.1) is 12.6 Å². The predicted molar refractivity (Wildman–Crippen MR) is 71.5 cm³/mol. The van der Waals surface area contributed by atoms with Gasteiger partial charge in [0.1, 0.15) is 0 Å². The summed E-state index contributed by atoms with van der Waals surface area (Å²) in [6.07, 6.45) is 8.66. The Kier molecular flexibility index (Phi) is 5.45. The maximum atomic E-state index is 11.8. The van der Waals surface area contributed by atoms with Gasteiger partial charge in [-0.2, -0.15) is 0 Å². The molecule has 104 valence electrons. The highest BCUT2D eigenvalue weighted by molar-refractivity contribution is 5.78. The third kappa shape index (κ3) is 4.25. The van der Waals surface area contributed by atoms with E-state index in [9.17, 15) is 4.79 Å². The molecule has 0 spiro atoms. The Bertz CT molecular complexity index is 259. The van der Waals surface area contributed by atoms with Gasteiger partial charge in [0.2, 0.25) is 5.91 Å². The first-order chi connectivity index (χ1) is 8.75. The molecule has 1 saturated heterocycles. The minimum atomic E-state index is 0.131. The van der Waals surface area contributed by atoms with Crippen LogP contribution in [0.4, 0.5) is 0 Å². The number of rotatable bonds is 5. The number of amides is 1. The zero-order valence-electron chi connectivity index (χ0n) is 11.4. The second-order valence-corrected chi connectivity index (χ2v) is 5.62. The molecule has 2 N–H and O–H groups in total. The lowest BCUT2D eigenvalue weighted by molar-refractivity contribution is -0.121. The van der Waals surface area contributed by atoms with Crippen molar-refractivity contribution >= 4 is 5.91 Å². The van der Waals surface area contributed by atoms with Crippen LogP contribution in [-0.2, 0) is 9.53 Å². The van der Waals surface area contributed by atoms with Gasteiger partial charge in [0.15, 0.2) is 0 Å². The van der Waals surface area contributed by atoms with E-state index in [0.717, 1.165) is 32.3 Å². The van der Waals surface area contributed by atoms with Crippen LogP contribution in [-0.4, -0.2) is 37.2 Å². The SMILES string of the molecule is CC(NCC(=O)NC1CCCCC1)C1CCCO1. The minimum absolute atomic E-state index is 0.131. The zero-order chi connectivity index (χ0) is 12.8. The smallest absolute Gasteiger partial charge is 0.234 e. The third-order valence-corrected chi connectivity index (χ3v) is 4.08. The average molecular weight is 254 g/mol. The monoisotopic (exact) mass is 254 g/mol. The Hall–Kier alpha value is -0.610. The average Bonchev–Trinajstić information content (AvgIpc) is 2.91. The summed E-state index contributed by atoms with van der Waals surface area (Å²) < 4.78 is 5.60. The molecule has 1 saturated carbocycles. The van der Waals surface area contributed by atoms with Crippen LogP contribution in [0, 0.1) is 0 Å². The molecule has 0 aromatic heterocycles. The molecule has 2 rings (SSSR count). The summed E-state index contributed by atoms with van der Waals surface area (Å²) in [6, 6.07) is 0.677. The number of ether oxygens (including phenoxy) is 1. The maximum Gasteiger partial charge on any atom is 0.234 e. The highest BCUT2D eigenvalue weighted by Gasteiger charge is 2.23. The van der Waals surface area contributed by atoms with Crippen LogP contribution in [0.2, 0.25) is 0 Å². The lowest BCUT2D eigenvalue weighted by atomic mass is 9.95. The predicted octanol–water partition coefficient (Wildman–Crippen LogP) is 1.59. The lowest BCUT2D eigenvalue weighted by Crippen LogP contribution is -2.46. The summed E-state index contributed by atoms with van der Waals surface area (Å²) in [7, 11) is 0. The molecule has 0 aromatic rings. The number of hydrogen-bond donors (Lipinski definition) is 2. The first kappa shape index (κ1) is 13.8. The molecule has 2 atom stereocenters. The van der Waals surface area contributed by atoms with Gasteiger partial charge in [-0.25, -0.2) is 0 Å². The summed E-state index contributed by atoms with van der Waals surface area (Å²) in [5, 5.41) is 6.40. The Morgan fingerprint density at radius 2 is 2.00 bits per heavy atom. The Labute approximate surface area is 110 Å². The maximum absolute atomic E-state index is 11.8. The van der Waals surface area contributed by atoms with Crippen molar-refractivity contribution in [2.45, 2.75) is 70.1 Å². The second kappa shape index (κ2) is 7.10. The van der Waals surface area contributed by atoms with Crippen molar-refractivity contribution in [3.8, 4) is 0 Å². The van der Waals surface area contributed by atoms with Crippen LogP contribution in [0.15, 0.2) is 0 Å². The van der Waals surface area contributed by atoms with E-state index in [1.165, 1.54) is 19.3 Å². The highest BCUT2D eigenvalue weighted by Crippen LogP contribution is 2.17. The summed E-state index contributed by atoms with van der Waals surface area (Å²) in [6.45, 7) is 3.38. The molecule has 2 unspecified atom stereocenters. The summed E-state index contributed by atoms with van der Waals surface area (Å²) in [5.41, 5.74) is 0. The molecule has 1 aliphatic heterocycles. The van der Waals surface area contributed by atoms with Crippen LogP contribution < -0.4 is 10.6 Å². The lowest BCUT2D eigenvalue weighted by Gasteiger charge is -2.24. The van der Waals surface area contributed by atoms with Crippen LogP contribution in [0.1, 0.15) is 51.9 Å².